The van der Waals surface area contributed by atoms with Crippen molar-refractivity contribution < 1.29 is 28.2 Å². The molecule has 0 aromatic heterocycles. The molecule has 0 heterocycles. The fraction of sp³-hybridized carbons (Fsp3) is 0.462. The van der Waals surface area contributed by atoms with Crippen LogP contribution in [0.4, 0.5) is 8.78 Å². The van der Waals surface area contributed by atoms with Gasteiger partial charge in [0.15, 0.2) is 11.5 Å². The highest BCUT2D eigenvalue weighted by molar-refractivity contribution is 5.75. The highest BCUT2D eigenvalue weighted by atomic mass is 19.3. The summed E-state index contributed by atoms with van der Waals surface area (Å²) in [5, 5.41) is 8.97. The maximum absolute atomic E-state index is 12.2. The van der Waals surface area contributed by atoms with Crippen LogP contribution in [0, 0.1) is 5.41 Å². The molecule has 4 nitrogen and oxygen atoms in total. The lowest BCUT2D eigenvalue weighted by atomic mass is 9.68. The number of hydrogen-bond donors (Lipinski definition) is 1. The second-order valence-corrected chi connectivity index (χ2v) is 4.84. The molecule has 0 aliphatic heterocycles. The van der Waals surface area contributed by atoms with Gasteiger partial charge in [0.05, 0.1) is 5.41 Å². The Morgan fingerprint density at radius 1 is 1.37 bits per heavy atom. The Hall–Kier alpha value is -1.85. The van der Waals surface area contributed by atoms with E-state index in [0.29, 0.717) is 12.8 Å². The van der Waals surface area contributed by atoms with Crippen molar-refractivity contribution in [2.45, 2.75) is 32.5 Å². The van der Waals surface area contributed by atoms with Crippen molar-refractivity contribution in [1.29, 1.82) is 0 Å². The third kappa shape index (κ3) is 2.94. The predicted octanol–water partition coefficient (Wildman–Crippen LogP) is 2.92. The summed E-state index contributed by atoms with van der Waals surface area (Å²) >= 11 is 0. The standard InChI is InChI=1S/C13H14F2O4/c1-13(11(16)17)6-8(7-13)18-9-4-2-3-5-10(9)19-12(14)15/h2-5,8,12H,6-7H2,1H3,(H,16,17). The number of carbonyl (C=O) groups is 1. The van der Waals surface area contributed by atoms with Gasteiger partial charge in [0.25, 0.3) is 0 Å². The second kappa shape index (κ2) is 5.03. The van der Waals surface area contributed by atoms with Crippen molar-refractivity contribution in [1.82, 2.24) is 0 Å². The van der Waals surface area contributed by atoms with Gasteiger partial charge in [-0.25, -0.2) is 0 Å². The number of halogens is 2. The summed E-state index contributed by atoms with van der Waals surface area (Å²) in [4.78, 5) is 10.9. The molecule has 1 aromatic carbocycles. The average molecular weight is 272 g/mol. The molecule has 1 aliphatic rings. The minimum absolute atomic E-state index is 0.0403. The van der Waals surface area contributed by atoms with Crippen molar-refractivity contribution >= 4 is 5.97 Å². The Morgan fingerprint density at radius 3 is 2.47 bits per heavy atom. The van der Waals surface area contributed by atoms with E-state index in [-0.39, 0.29) is 17.6 Å². The highest BCUT2D eigenvalue weighted by Crippen LogP contribution is 2.44. The highest BCUT2D eigenvalue weighted by Gasteiger charge is 2.48. The number of carboxylic acid groups (broad SMARTS) is 1. The SMILES string of the molecule is CC1(C(=O)O)CC(Oc2ccccc2OC(F)F)C1. The molecule has 0 atom stereocenters. The molecule has 0 bridgehead atoms. The molecule has 1 aromatic rings. The zero-order valence-electron chi connectivity index (χ0n) is 10.3. The van der Waals surface area contributed by atoms with Crippen LogP contribution in [0.5, 0.6) is 11.5 Å². The third-order valence-electron chi connectivity index (χ3n) is 3.23. The number of alkyl halides is 2. The van der Waals surface area contributed by atoms with E-state index in [2.05, 4.69) is 4.74 Å². The summed E-state index contributed by atoms with van der Waals surface area (Å²) in [6, 6.07) is 6.11. The summed E-state index contributed by atoms with van der Waals surface area (Å²) < 4.78 is 34.3. The van der Waals surface area contributed by atoms with E-state index in [1.54, 1.807) is 19.1 Å². The molecular formula is C13H14F2O4. The quantitative estimate of drug-likeness (QED) is 0.895. The van der Waals surface area contributed by atoms with Crippen LogP contribution in [0.25, 0.3) is 0 Å². The van der Waals surface area contributed by atoms with Gasteiger partial charge in [-0.05, 0) is 19.1 Å². The Labute approximate surface area is 108 Å². The van der Waals surface area contributed by atoms with E-state index >= 15 is 0 Å². The van der Waals surface area contributed by atoms with Crippen LogP contribution in [-0.2, 0) is 4.79 Å². The van der Waals surface area contributed by atoms with Gasteiger partial charge in [-0.3, -0.25) is 4.79 Å². The van der Waals surface area contributed by atoms with Crippen LogP contribution >= 0.6 is 0 Å². The first-order valence-corrected chi connectivity index (χ1v) is 5.84. The van der Waals surface area contributed by atoms with Gasteiger partial charge in [0, 0.05) is 12.8 Å². The summed E-state index contributed by atoms with van der Waals surface area (Å²) in [6.45, 7) is -1.29. The lowest BCUT2D eigenvalue weighted by Gasteiger charge is -2.41. The Morgan fingerprint density at radius 2 is 1.95 bits per heavy atom. The molecule has 0 radical (unpaired) electrons. The molecule has 2 rings (SSSR count). The first kappa shape index (κ1) is 13.6. The number of rotatable bonds is 5. The van der Waals surface area contributed by atoms with Crippen molar-refractivity contribution in [2.75, 3.05) is 0 Å². The van der Waals surface area contributed by atoms with Gasteiger partial charge >= 0.3 is 12.6 Å². The van der Waals surface area contributed by atoms with Crippen LogP contribution in [0.2, 0.25) is 0 Å². The number of ether oxygens (including phenoxy) is 2. The number of para-hydroxylation sites is 2. The number of aliphatic carboxylic acids is 1. The molecule has 1 aliphatic carbocycles. The van der Waals surface area contributed by atoms with E-state index in [1.165, 1.54) is 12.1 Å². The average Bonchev–Trinajstić information content (AvgIpc) is 2.28. The van der Waals surface area contributed by atoms with Crippen LogP contribution in [-0.4, -0.2) is 23.8 Å². The monoisotopic (exact) mass is 272 g/mol. The van der Waals surface area contributed by atoms with E-state index in [9.17, 15) is 13.6 Å². The third-order valence-corrected chi connectivity index (χ3v) is 3.23. The first-order valence-electron chi connectivity index (χ1n) is 5.84. The van der Waals surface area contributed by atoms with Crippen LogP contribution in [0.1, 0.15) is 19.8 Å². The molecule has 0 amide bonds. The molecule has 1 saturated carbocycles. The molecule has 0 saturated heterocycles. The first-order chi connectivity index (χ1) is 8.90. The Kier molecular flexibility index (Phi) is 3.59. The van der Waals surface area contributed by atoms with Gasteiger partial charge in [-0.2, -0.15) is 8.78 Å². The van der Waals surface area contributed by atoms with Crippen molar-refractivity contribution in [2.24, 2.45) is 5.41 Å². The largest absolute Gasteiger partial charge is 0.486 e. The lowest BCUT2D eigenvalue weighted by molar-refractivity contribution is -0.159. The molecule has 1 fully saturated rings. The summed E-state index contributed by atoms with van der Waals surface area (Å²) in [7, 11) is 0. The zero-order valence-corrected chi connectivity index (χ0v) is 10.3. The fourth-order valence-electron chi connectivity index (χ4n) is 2.12. The van der Waals surface area contributed by atoms with Gasteiger partial charge < -0.3 is 14.6 Å². The van der Waals surface area contributed by atoms with Crippen molar-refractivity contribution in [3.8, 4) is 11.5 Å². The van der Waals surface area contributed by atoms with Crippen molar-refractivity contribution in [3.63, 3.8) is 0 Å². The molecule has 19 heavy (non-hydrogen) atoms. The predicted molar refractivity (Wildman–Crippen MR) is 62.5 cm³/mol. The van der Waals surface area contributed by atoms with Crippen molar-refractivity contribution in [3.05, 3.63) is 24.3 Å². The molecule has 104 valence electrons. The van der Waals surface area contributed by atoms with Crippen LogP contribution in [0.3, 0.4) is 0 Å². The zero-order chi connectivity index (χ0) is 14.0. The maximum Gasteiger partial charge on any atom is 0.387 e. The number of hydrogen-bond acceptors (Lipinski definition) is 3. The number of carboxylic acids is 1. The van der Waals surface area contributed by atoms with Crippen LogP contribution < -0.4 is 9.47 Å². The smallest absolute Gasteiger partial charge is 0.387 e. The Bertz CT molecular complexity index is 469. The molecular weight excluding hydrogens is 258 g/mol. The van der Waals surface area contributed by atoms with Gasteiger partial charge in [-0.1, -0.05) is 12.1 Å². The normalized spacial score (nSPS) is 25.8. The molecule has 0 spiro atoms. The minimum Gasteiger partial charge on any atom is -0.486 e. The topological polar surface area (TPSA) is 55.8 Å². The molecule has 0 unspecified atom stereocenters. The van der Waals surface area contributed by atoms with E-state index in [1.807, 2.05) is 0 Å². The van der Waals surface area contributed by atoms with E-state index in [0.717, 1.165) is 0 Å². The Balaban J connectivity index is 2.00. The second-order valence-electron chi connectivity index (χ2n) is 4.84. The fourth-order valence-corrected chi connectivity index (χ4v) is 2.12. The van der Waals surface area contributed by atoms with E-state index in [4.69, 9.17) is 9.84 Å². The minimum atomic E-state index is -2.92. The summed E-state index contributed by atoms with van der Waals surface area (Å²) in [5.41, 5.74) is -0.789. The van der Waals surface area contributed by atoms with E-state index < -0.39 is 18.0 Å². The summed E-state index contributed by atoms with van der Waals surface area (Å²) in [5.74, 6) is -0.703. The number of benzene rings is 1. The molecule has 6 heteroatoms. The lowest BCUT2D eigenvalue weighted by Crippen LogP contribution is -2.47. The van der Waals surface area contributed by atoms with Gasteiger partial charge in [0.2, 0.25) is 0 Å². The van der Waals surface area contributed by atoms with Gasteiger partial charge in [-0.15, -0.1) is 0 Å². The summed E-state index contributed by atoms with van der Waals surface area (Å²) in [6.07, 6.45) is 0.417. The van der Waals surface area contributed by atoms with Gasteiger partial charge in [0.1, 0.15) is 6.10 Å². The van der Waals surface area contributed by atoms with Crippen LogP contribution in [0.15, 0.2) is 24.3 Å². The molecule has 1 N–H and O–H groups in total. The maximum atomic E-state index is 12.2.